The van der Waals surface area contributed by atoms with Crippen molar-refractivity contribution in [1.29, 1.82) is 0 Å². The second-order valence-electron chi connectivity index (χ2n) is 7.03. The minimum atomic E-state index is -1.31. The van der Waals surface area contributed by atoms with E-state index in [2.05, 4.69) is 0 Å². The molecule has 0 saturated carbocycles. The number of hydrogen-bond donors (Lipinski definition) is 1. The number of alkyl halides is 2. The maximum atomic E-state index is 13.9. The van der Waals surface area contributed by atoms with Crippen LogP contribution in [0.3, 0.4) is 0 Å². The number of carbonyl (C=O) groups excluding carboxylic acids is 2. The summed E-state index contributed by atoms with van der Waals surface area (Å²) in [6.45, 7) is 3.61. The van der Waals surface area contributed by atoms with Crippen LogP contribution >= 0.6 is 23.2 Å². The Kier molecular flexibility index (Phi) is 8.54. The Bertz CT molecular complexity index is 748. The summed E-state index contributed by atoms with van der Waals surface area (Å²) in [5.74, 6) is -0.629. The third-order valence-corrected chi connectivity index (χ3v) is 6.24. The van der Waals surface area contributed by atoms with Gasteiger partial charge in [0, 0.05) is 11.8 Å². The molecule has 0 aromatic heterocycles. The van der Waals surface area contributed by atoms with Crippen molar-refractivity contribution < 1.29 is 9.59 Å². The van der Waals surface area contributed by atoms with Gasteiger partial charge in [0.05, 0.1) is 12.1 Å². The molecule has 2 amide bonds. The number of primary amides is 1. The summed E-state index contributed by atoms with van der Waals surface area (Å²) in [6.07, 6.45) is 0.615. The van der Waals surface area contributed by atoms with Gasteiger partial charge in [-0.2, -0.15) is 0 Å². The van der Waals surface area contributed by atoms with Gasteiger partial charge in [-0.3, -0.25) is 9.59 Å². The zero-order chi connectivity index (χ0) is 21.4. The topological polar surface area (TPSA) is 63.4 Å². The van der Waals surface area contributed by atoms with Gasteiger partial charge < -0.3 is 10.6 Å². The maximum Gasteiger partial charge on any atom is 0.239 e. The molecule has 2 aromatic carbocycles. The van der Waals surface area contributed by atoms with Crippen LogP contribution in [0.15, 0.2) is 60.7 Å². The van der Waals surface area contributed by atoms with Crippen LogP contribution in [0.4, 0.5) is 0 Å². The first kappa shape index (κ1) is 23.2. The van der Waals surface area contributed by atoms with E-state index >= 15 is 0 Å². The van der Waals surface area contributed by atoms with E-state index in [1.165, 1.54) is 0 Å². The summed E-state index contributed by atoms with van der Waals surface area (Å²) in [7, 11) is 0. The molecule has 4 nitrogen and oxygen atoms in total. The average molecular weight is 435 g/mol. The lowest BCUT2D eigenvalue weighted by molar-refractivity contribution is -0.153. The van der Waals surface area contributed by atoms with Crippen LogP contribution in [0.1, 0.15) is 49.9 Å². The van der Waals surface area contributed by atoms with Crippen LogP contribution < -0.4 is 5.73 Å². The van der Waals surface area contributed by atoms with Crippen molar-refractivity contribution in [2.45, 2.75) is 38.8 Å². The summed E-state index contributed by atoms with van der Waals surface area (Å²) in [5.41, 5.74) is 6.20. The van der Waals surface area contributed by atoms with Crippen molar-refractivity contribution in [3.63, 3.8) is 0 Å². The SMILES string of the molecule is CCC(CC)(C(N)=O)C(=O)N([C@@H](CCl)c1ccccc1)[C@@H](CCl)c1ccccc1. The van der Waals surface area contributed by atoms with Crippen LogP contribution in [0, 0.1) is 5.41 Å². The molecule has 0 heterocycles. The summed E-state index contributed by atoms with van der Waals surface area (Å²) < 4.78 is 0. The number of nitrogens with zero attached hydrogens (tertiary/aromatic N) is 1. The van der Waals surface area contributed by atoms with E-state index in [1.807, 2.05) is 60.7 Å². The molecular formula is C23H28Cl2N2O2. The third-order valence-electron chi connectivity index (χ3n) is 5.66. The lowest BCUT2D eigenvalue weighted by Gasteiger charge is -2.42. The van der Waals surface area contributed by atoms with Crippen LogP contribution in [0.5, 0.6) is 0 Å². The van der Waals surface area contributed by atoms with Crippen molar-refractivity contribution in [2.75, 3.05) is 11.8 Å². The molecule has 0 aliphatic heterocycles. The zero-order valence-corrected chi connectivity index (χ0v) is 18.4. The summed E-state index contributed by atoms with van der Waals surface area (Å²) in [4.78, 5) is 28.0. The predicted molar refractivity (Wildman–Crippen MR) is 119 cm³/mol. The quantitative estimate of drug-likeness (QED) is 0.419. The van der Waals surface area contributed by atoms with Gasteiger partial charge in [-0.25, -0.2) is 0 Å². The summed E-state index contributed by atoms with van der Waals surface area (Å²) in [5, 5.41) is 0. The summed E-state index contributed by atoms with van der Waals surface area (Å²) >= 11 is 12.8. The van der Waals surface area contributed by atoms with Crippen LogP contribution in [0.25, 0.3) is 0 Å². The van der Waals surface area contributed by atoms with Gasteiger partial charge in [-0.05, 0) is 24.0 Å². The monoisotopic (exact) mass is 434 g/mol. The molecule has 0 unspecified atom stereocenters. The highest BCUT2D eigenvalue weighted by Crippen LogP contribution is 2.39. The van der Waals surface area contributed by atoms with Gasteiger partial charge >= 0.3 is 0 Å². The Morgan fingerprint density at radius 2 is 1.24 bits per heavy atom. The Morgan fingerprint density at radius 1 is 0.862 bits per heavy atom. The van der Waals surface area contributed by atoms with E-state index < -0.39 is 23.4 Å². The molecule has 29 heavy (non-hydrogen) atoms. The molecule has 0 fully saturated rings. The minimum absolute atomic E-state index is 0.165. The fraction of sp³-hybridized carbons (Fsp3) is 0.391. The average Bonchev–Trinajstić information content (AvgIpc) is 2.76. The van der Waals surface area contributed by atoms with Gasteiger partial charge in [-0.15, -0.1) is 23.2 Å². The molecule has 156 valence electrons. The molecule has 6 heteroatoms. The Morgan fingerprint density at radius 3 is 1.52 bits per heavy atom. The van der Waals surface area contributed by atoms with Gasteiger partial charge in [-0.1, -0.05) is 74.5 Å². The standard InChI is InChI=1S/C23H28Cl2N2O2/c1-3-23(4-2,21(26)28)22(29)27(19(15-24)17-11-7-5-8-12-17)20(16-25)18-13-9-6-10-14-18/h5-14,19-20H,3-4,15-16H2,1-2H3,(H2,26,28)/t19-,20-/m0/s1. The fourth-order valence-corrected chi connectivity index (χ4v) is 4.41. The molecule has 0 aliphatic carbocycles. The van der Waals surface area contributed by atoms with Crippen molar-refractivity contribution in [2.24, 2.45) is 11.1 Å². The first-order valence-corrected chi connectivity index (χ1v) is 10.9. The number of hydrogen-bond acceptors (Lipinski definition) is 2. The lowest BCUT2D eigenvalue weighted by Crippen LogP contribution is -2.53. The second kappa shape index (κ2) is 10.7. The number of halogens is 2. The van der Waals surface area contributed by atoms with Crippen LogP contribution in [0.2, 0.25) is 0 Å². The number of rotatable bonds is 10. The first-order chi connectivity index (χ1) is 14.0. The largest absolute Gasteiger partial charge is 0.369 e. The molecule has 0 spiro atoms. The molecule has 0 aliphatic rings. The molecule has 2 aromatic rings. The van der Waals surface area contributed by atoms with Crippen molar-refractivity contribution in [3.05, 3.63) is 71.8 Å². The fourth-order valence-electron chi connectivity index (χ4n) is 3.75. The predicted octanol–water partition coefficient (Wildman–Crippen LogP) is 5.07. The molecular weight excluding hydrogens is 407 g/mol. The number of amides is 2. The minimum Gasteiger partial charge on any atom is -0.369 e. The zero-order valence-electron chi connectivity index (χ0n) is 16.9. The van der Waals surface area contributed by atoms with Crippen molar-refractivity contribution in [3.8, 4) is 0 Å². The number of carbonyl (C=O) groups is 2. The van der Waals surface area contributed by atoms with Crippen LogP contribution in [-0.2, 0) is 9.59 Å². The van der Waals surface area contributed by atoms with Gasteiger partial charge in [0.2, 0.25) is 11.8 Å². The number of nitrogens with two attached hydrogens (primary N) is 1. The number of benzene rings is 2. The lowest BCUT2D eigenvalue weighted by atomic mass is 9.79. The maximum absolute atomic E-state index is 13.9. The van der Waals surface area contributed by atoms with E-state index in [-0.39, 0.29) is 17.7 Å². The Balaban J connectivity index is 2.67. The van der Waals surface area contributed by atoms with Gasteiger partial charge in [0.15, 0.2) is 0 Å². The molecule has 0 saturated heterocycles. The highest BCUT2D eigenvalue weighted by atomic mass is 35.5. The molecule has 0 bridgehead atoms. The molecule has 2 atom stereocenters. The highest BCUT2D eigenvalue weighted by molar-refractivity contribution is 6.19. The normalized spacial score (nSPS) is 13.5. The van der Waals surface area contributed by atoms with Gasteiger partial charge in [0.25, 0.3) is 0 Å². The van der Waals surface area contributed by atoms with E-state index in [0.29, 0.717) is 12.8 Å². The van der Waals surface area contributed by atoms with Gasteiger partial charge in [0.1, 0.15) is 5.41 Å². The van der Waals surface area contributed by atoms with Crippen molar-refractivity contribution >= 4 is 35.0 Å². The Labute approximate surface area is 183 Å². The summed E-state index contributed by atoms with van der Waals surface area (Å²) in [6, 6.07) is 18.2. The van der Waals surface area contributed by atoms with Crippen LogP contribution in [-0.4, -0.2) is 28.5 Å². The Hall–Kier alpha value is -2.04. The smallest absolute Gasteiger partial charge is 0.239 e. The third kappa shape index (κ3) is 4.76. The van der Waals surface area contributed by atoms with E-state index in [1.54, 1.807) is 18.7 Å². The second-order valence-corrected chi connectivity index (χ2v) is 7.64. The van der Waals surface area contributed by atoms with E-state index in [0.717, 1.165) is 11.1 Å². The molecule has 0 radical (unpaired) electrons. The first-order valence-electron chi connectivity index (χ1n) is 9.81. The highest BCUT2D eigenvalue weighted by Gasteiger charge is 2.47. The molecule has 2 rings (SSSR count). The van der Waals surface area contributed by atoms with E-state index in [4.69, 9.17) is 28.9 Å². The van der Waals surface area contributed by atoms with E-state index in [9.17, 15) is 9.59 Å². The molecule has 2 N–H and O–H groups in total. The van der Waals surface area contributed by atoms with Crippen molar-refractivity contribution in [1.82, 2.24) is 4.90 Å².